The van der Waals surface area contributed by atoms with Gasteiger partial charge in [-0.2, -0.15) is 0 Å². The number of primary amides is 1. The number of benzene rings is 1. The molecule has 1 unspecified atom stereocenters. The molecule has 1 fully saturated rings. The van der Waals surface area contributed by atoms with Crippen molar-refractivity contribution >= 4 is 11.8 Å². The summed E-state index contributed by atoms with van der Waals surface area (Å²) < 4.78 is 5.51. The van der Waals surface area contributed by atoms with Crippen LogP contribution in [0, 0.1) is 11.8 Å². The van der Waals surface area contributed by atoms with E-state index >= 15 is 0 Å². The lowest BCUT2D eigenvalue weighted by atomic mass is 9.92. The number of carbonyl (C=O) groups excluding carboxylic acids is 2. The zero-order valence-electron chi connectivity index (χ0n) is 16.9. The SMILES string of the molecule is CC[C@H]1C[C@@H]1C1C(C(=O)NC)=CC(C(N)=O)=CN1Cc1cccc(OCCO)c1. The summed E-state index contributed by atoms with van der Waals surface area (Å²) in [7, 11) is 1.60. The summed E-state index contributed by atoms with van der Waals surface area (Å²) in [6, 6.07) is 7.50. The number of nitrogens with one attached hydrogen (secondary N) is 1. The number of aliphatic hydroxyl groups excluding tert-OH is 1. The Morgan fingerprint density at radius 2 is 2.17 bits per heavy atom. The largest absolute Gasteiger partial charge is 0.491 e. The molecule has 1 aliphatic heterocycles. The number of amides is 2. The molecule has 0 radical (unpaired) electrons. The lowest BCUT2D eigenvalue weighted by Gasteiger charge is -2.36. The van der Waals surface area contributed by atoms with E-state index in [2.05, 4.69) is 17.1 Å². The summed E-state index contributed by atoms with van der Waals surface area (Å²) in [6.07, 6.45) is 5.53. The molecule has 156 valence electrons. The molecule has 2 aliphatic rings. The second-order valence-electron chi connectivity index (χ2n) is 7.53. The Morgan fingerprint density at radius 3 is 2.79 bits per heavy atom. The van der Waals surface area contributed by atoms with Crippen LogP contribution >= 0.6 is 0 Å². The molecule has 29 heavy (non-hydrogen) atoms. The van der Waals surface area contributed by atoms with Crippen molar-refractivity contribution in [2.24, 2.45) is 17.6 Å². The average molecular weight is 399 g/mol. The molecule has 3 rings (SSSR count). The lowest BCUT2D eigenvalue weighted by molar-refractivity contribution is -0.117. The predicted octanol–water partition coefficient (Wildman–Crippen LogP) is 1.33. The highest BCUT2D eigenvalue weighted by Crippen LogP contribution is 2.48. The van der Waals surface area contributed by atoms with Crippen molar-refractivity contribution < 1.29 is 19.4 Å². The molecule has 0 aromatic heterocycles. The van der Waals surface area contributed by atoms with Gasteiger partial charge in [0.15, 0.2) is 0 Å². The van der Waals surface area contributed by atoms with Crippen molar-refractivity contribution in [3.63, 3.8) is 0 Å². The van der Waals surface area contributed by atoms with E-state index in [-0.39, 0.29) is 25.2 Å². The first-order valence-electron chi connectivity index (χ1n) is 10.0. The summed E-state index contributed by atoms with van der Waals surface area (Å²) in [4.78, 5) is 26.6. The molecule has 0 spiro atoms. The Bertz CT molecular complexity index is 833. The van der Waals surface area contributed by atoms with Crippen LogP contribution in [0.4, 0.5) is 0 Å². The van der Waals surface area contributed by atoms with Crippen LogP contribution in [0.1, 0.15) is 25.3 Å². The van der Waals surface area contributed by atoms with Crippen LogP contribution in [0.3, 0.4) is 0 Å². The van der Waals surface area contributed by atoms with Gasteiger partial charge in [-0.15, -0.1) is 0 Å². The summed E-state index contributed by atoms with van der Waals surface area (Å²) in [6.45, 7) is 2.85. The van der Waals surface area contributed by atoms with E-state index in [1.807, 2.05) is 24.3 Å². The molecular weight excluding hydrogens is 370 g/mol. The fourth-order valence-electron chi connectivity index (χ4n) is 4.06. The van der Waals surface area contributed by atoms with Crippen molar-refractivity contribution in [2.45, 2.75) is 32.4 Å². The van der Waals surface area contributed by atoms with Gasteiger partial charge < -0.3 is 25.8 Å². The van der Waals surface area contributed by atoms with E-state index in [1.165, 1.54) is 0 Å². The van der Waals surface area contributed by atoms with Gasteiger partial charge in [0.2, 0.25) is 11.8 Å². The second kappa shape index (κ2) is 9.13. The third kappa shape index (κ3) is 4.79. The predicted molar refractivity (Wildman–Crippen MR) is 110 cm³/mol. The van der Waals surface area contributed by atoms with Crippen molar-refractivity contribution in [2.75, 3.05) is 20.3 Å². The van der Waals surface area contributed by atoms with Crippen molar-refractivity contribution in [3.05, 3.63) is 53.3 Å². The first-order chi connectivity index (χ1) is 14.0. The number of nitrogens with zero attached hydrogens (tertiary/aromatic N) is 1. The summed E-state index contributed by atoms with van der Waals surface area (Å²) in [5, 5.41) is 11.7. The van der Waals surface area contributed by atoms with Gasteiger partial charge >= 0.3 is 0 Å². The Kier molecular flexibility index (Phi) is 6.59. The van der Waals surface area contributed by atoms with Crippen molar-refractivity contribution in [3.8, 4) is 5.75 Å². The molecule has 7 heteroatoms. The minimum Gasteiger partial charge on any atom is -0.491 e. The minimum atomic E-state index is -0.558. The van der Waals surface area contributed by atoms with E-state index in [0.29, 0.717) is 35.3 Å². The smallest absolute Gasteiger partial charge is 0.250 e. The number of hydrogen-bond donors (Lipinski definition) is 3. The number of nitrogens with two attached hydrogens (primary N) is 1. The van der Waals surface area contributed by atoms with E-state index < -0.39 is 5.91 Å². The second-order valence-corrected chi connectivity index (χ2v) is 7.53. The molecule has 1 aromatic rings. The maximum atomic E-state index is 12.6. The van der Waals surface area contributed by atoms with Gasteiger partial charge in [0.05, 0.1) is 18.2 Å². The monoisotopic (exact) mass is 399 g/mol. The van der Waals surface area contributed by atoms with E-state index in [0.717, 1.165) is 18.4 Å². The van der Waals surface area contributed by atoms with Gasteiger partial charge in [-0.3, -0.25) is 9.59 Å². The van der Waals surface area contributed by atoms with Crippen molar-refractivity contribution in [1.82, 2.24) is 10.2 Å². The van der Waals surface area contributed by atoms with Gasteiger partial charge in [-0.05, 0) is 42.0 Å². The van der Waals surface area contributed by atoms with Crippen LogP contribution in [-0.4, -0.2) is 48.1 Å². The highest BCUT2D eigenvalue weighted by molar-refractivity contribution is 6.01. The third-order valence-corrected chi connectivity index (χ3v) is 5.60. The number of aliphatic hydroxyl groups is 1. The van der Waals surface area contributed by atoms with Gasteiger partial charge in [-0.1, -0.05) is 25.5 Å². The lowest BCUT2D eigenvalue weighted by Crippen LogP contribution is -2.43. The summed E-state index contributed by atoms with van der Waals surface area (Å²) >= 11 is 0. The van der Waals surface area contributed by atoms with Crippen LogP contribution in [0.15, 0.2) is 47.7 Å². The molecule has 1 aliphatic carbocycles. The number of ether oxygens (including phenoxy) is 1. The van der Waals surface area contributed by atoms with E-state index in [1.54, 1.807) is 19.3 Å². The number of carbonyl (C=O) groups is 2. The minimum absolute atomic E-state index is 0.0521. The van der Waals surface area contributed by atoms with Crippen LogP contribution < -0.4 is 15.8 Å². The molecule has 2 amide bonds. The van der Waals surface area contributed by atoms with Crippen LogP contribution in [0.5, 0.6) is 5.75 Å². The molecule has 0 bridgehead atoms. The molecule has 7 nitrogen and oxygen atoms in total. The molecule has 1 heterocycles. The maximum absolute atomic E-state index is 12.6. The molecule has 4 N–H and O–H groups in total. The van der Waals surface area contributed by atoms with Gasteiger partial charge in [0, 0.05) is 25.4 Å². The van der Waals surface area contributed by atoms with Crippen LogP contribution in [0.25, 0.3) is 0 Å². The quantitative estimate of drug-likeness (QED) is 0.581. The fourth-order valence-corrected chi connectivity index (χ4v) is 4.06. The topological polar surface area (TPSA) is 105 Å². The normalized spacial score (nSPS) is 23.1. The van der Waals surface area contributed by atoms with Crippen LogP contribution in [0.2, 0.25) is 0 Å². The van der Waals surface area contributed by atoms with Gasteiger partial charge in [-0.25, -0.2) is 0 Å². The maximum Gasteiger partial charge on any atom is 0.250 e. The number of hydrogen-bond acceptors (Lipinski definition) is 5. The van der Waals surface area contributed by atoms with E-state index in [9.17, 15) is 9.59 Å². The average Bonchev–Trinajstić information content (AvgIpc) is 3.50. The zero-order valence-corrected chi connectivity index (χ0v) is 16.9. The molecule has 0 saturated heterocycles. The highest BCUT2D eigenvalue weighted by Gasteiger charge is 2.47. The number of likely N-dealkylation sites (N-methyl/N-ethyl adjacent to an activating group) is 1. The highest BCUT2D eigenvalue weighted by atomic mass is 16.5. The first-order valence-corrected chi connectivity index (χ1v) is 10.0. The number of rotatable bonds is 9. The van der Waals surface area contributed by atoms with Gasteiger partial charge in [0.25, 0.3) is 0 Å². The Hall–Kier alpha value is -2.80. The Morgan fingerprint density at radius 1 is 1.38 bits per heavy atom. The van der Waals surface area contributed by atoms with Crippen molar-refractivity contribution in [1.29, 1.82) is 0 Å². The third-order valence-electron chi connectivity index (χ3n) is 5.60. The molecular formula is C22H29N3O4. The summed E-state index contributed by atoms with van der Waals surface area (Å²) in [5.74, 6) is 0.858. The first kappa shape index (κ1) is 20.9. The zero-order chi connectivity index (χ0) is 21.0. The molecule has 1 aromatic carbocycles. The Balaban J connectivity index is 1.92. The summed E-state index contributed by atoms with van der Waals surface area (Å²) in [5.41, 5.74) is 7.43. The molecule has 3 atom stereocenters. The van der Waals surface area contributed by atoms with Gasteiger partial charge in [0.1, 0.15) is 12.4 Å². The fraction of sp³-hybridized carbons (Fsp3) is 0.455. The molecule has 1 saturated carbocycles. The Labute approximate surface area is 171 Å². The van der Waals surface area contributed by atoms with Crippen LogP contribution in [-0.2, 0) is 16.1 Å². The standard InChI is InChI=1S/C22H29N3O4/c1-3-15-10-18(15)20-19(22(28)24-2)11-16(21(23)27)13-25(20)12-14-5-4-6-17(9-14)29-8-7-26/h4-6,9,11,13,15,18,20,26H,3,7-8,10,12H2,1-2H3,(H2,23,27)(H,24,28)/t15-,18-,20?/m0/s1. The van der Waals surface area contributed by atoms with E-state index in [4.69, 9.17) is 15.6 Å².